The van der Waals surface area contributed by atoms with Crippen LogP contribution in [-0.2, 0) is 9.53 Å². The molecule has 1 unspecified atom stereocenters. The maximum Gasteiger partial charge on any atom is 0.407 e. The third-order valence-corrected chi connectivity index (χ3v) is 5.43. The number of alkyl carbamates (subject to hydrolysis) is 1. The molecule has 144 valence electrons. The minimum atomic E-state index is -0.518. The molecule has 0 spiro atoms. The second-order valence-electron chi connectivity index (χ2n) is 7.67. The summed E-state index contributed by atoms with van der Waals surface area (Å²) in [4.78, 5) is 27.7. The van der Waals surface area contributed by atoms with Crippen molar-refractivity contribution in [1.29, 1.82) is 0 Å². The van der Waals surface area contributed by atoms with Crippen LogP contribution in [0.25, 0.3) is 0 Å². The molecule has 0 aliphatic carbocycles. The number of ether oxygens (including phenoxy) is 1. The minimum Gasteiger partial charge on any atom is -0.444 e. The standard InChI is InChI=1S/C20H30N2O3S/c1-15-9-5-6-11-17(15)26-14-18(23)22-12-8-7-10-16(22)13-21-19(24)25-20(2,3)4/h5-6,9,11,16H,7-8,10,12-14H2,1-4H3,(H,21,24). The van der Waals surface area contributed by atoms with Gasteiger partial charge in [0.25, 0.3) is 0 Å². The van der Waals surface area contributed by atoms with E-state index in [0.29, 0.717) is 12.3 Å². The Hall–Kier alpha value is -1.69. The molecule has 0 saturated carbocycles. The molecule has 26 heavy (non-hydrogen) atoms. The Morgan fingerprint density at radius 2 is 2.00 bits per heavy atom. The Balaban J connectivity index is 1.87. The Morgan fingerprint density at radius 3 is 2.69 bits per heavy atom. The number of nitrogens with zero attached hydrogens (tertiary/aromatic N) is 1. The second kappa shape index (κ2) is 9.31. The SMILES string of the molecule is Cc1ccccc1SCC(=O)N1CCCCC1CNC(=O)OC(C)(C)C. The summed E-state index contributed by atoms with van der Waals surface area (Å²) in [5.74, 6) is 0.558. The molecular weight excluding hydrogens is 348 g/mol. The Kier molecular flexibility index (Phi) is 7.38. The van der Waals surface area contributed by atoms with Crippen molar-refractivity contribution in [2.75, 3.05) is 18.8 Å². The minimum absolute atomic E-state index is 0.0428. The molecule has 1 fully saturated rings. The average Bonchev–Trinajstić information content (AvgIpc) is 2.58. The van der Waals surface area contributed by atoms with Gasteiger partial charge in [0.15, 0.2) is 0 Å². The third kappa shape index (κ3) is 6.56. The van der Waals surface area contributed by atoms with Crippen LogP contribution in [0.2, 0.25) is 0 Å². The van der Waals surface area contributed by atoms with Crippen molar-refractivity contribution in [2.24, 2.45) is 0 Å². The first-order valence-electron chi connectivity index (χ1n) is 9.21. The van der Waals surface area contributed by atoms with Crippen molar-refractivity contribution < 1.29 is 14.3 Å². The van der Waals surface area contributed by atoms with Crippen molar-refractivity contribution in [3.05, 3.63) is 29.8 Å². The van der Waals surface area contributed by atoms with Gasteiger partial charge in [0.1, 0.15) is 5.60 Å². The zero-order chi connectivity index (χ0) is 19.2. The van der Waals surface area contributed by atoms with Crippen molar-refractivity contribution in [3.63, 3.8) is 0 Å². The Bertz CT molecular complexity index is 628. The number of thioether (sulfide) groups is 1. The molecule has 1 saturated heterocycles. The number of nitrogens with one attached hydrogen (secondary N) is 1. The fourth-order valence-corrected chi connectivity index (χ4v) is 3.91. The van der Waals surface area contributed by atoms with Crippen molar-refractivity contribution in [1.82, 2.24) is 10.2 Å². The molecule has 1 N–H and O–H groups in total. The number of hydrogen-bond acceptors (Lipinski definition) is 4. The molecule has 0 aromatic heterocycles. The highest BCUT2D eigenvalue weighted by molar-refractivity contribution is 8.00. The molecule has 1 aromatic carbocycles. The fraction of sp³-hybridized carbons (Fsp3) is 0.600. The predicted octanol–water partition coefficient (Wildman–Crippen LogP) is 3.99. The van der Waals surface area contributed by atoms with E-state index < -0.39 is 11.7 Å². The zero-order valence-electron chi connectivity index (χ0n) is 16.2. The number of benzene rings is 1. The smallest absolute Gasteiger partial charge is 0.407 e. The van der Waals surface area contributed by atoms with Gasteiger partial charge in [0.2, 0.25) is 5.91 Å². The van der Waals surface area contributed by atoms with E-state index in [1.165, 1.54) is 5.56 Å². The van der Waals surface area contributed by atoms with Crippen LogP contribution >= 0.6 is 11.8 Å². The van der Waals surface area contributed by atoms with Gasteiger partial charge in [0.05, 0.1) is 5.75 Å². The normalized spacial score (nSPS) is 17.7. The quantitative estimate of drug-likeness (QED) is 0.787. The molecule has 1 aliphatic heterocycles. The van der Waals surface area contributed by atoms with Gasteiger partial charge in [-0.3, -0.25) is 4.79 Å². The Morgan fingerprint density at radius 1 is 1.27 bits per heavy atom. The fourth-order valence-electron chi connectivity index (χ4n) is 3.00. The molecular formula is C20H30N2O3S. The van der Waals surface area contributed by atoms with E-state index in [1.54, 1.807) is 11.8 Å². The van der Waals surface area contributed by atoms with Crippen LogP contribution in [0.15, 0.2) is 29.2 Å². The van der Waals surface area contributed by atoms with E-state index in [0.717, 1.165) is 30.7 Å². The summed E-state index contributed by atoms with van der Waals surface area (Å²) in [7, 11) is 0. The van der Waals surface area contributed by atoms with Gasteiger partial charge < -0.3 is 15.0 Å². The maximum absolute atomic E-state index is 12.7. The van der Waals surface area contributed by atoms with Crippen LogP contribution in [0.4, 0.5) is 4.79 Å². The van der Waals surface area contributed by atoms with Crippen molar-refractivity contribution in [3.8, 4) is 0 Å². The number of aryl methyl sites for hydroxylation is 1. The molecule has 5 nitrogen and oxygen atoms in total. The molecule has 2 rings (SSSR count). The summed E-state index contributed by atoms with van der Waals surface area (Å²) in [6.07, 6.45) is 2.58. The lowest BCUT2D eigenvalue weighted by Gasteiger charge is -2.36. The number of carbonyl (C=O) groups excluding carboxylic acids is 2. The van der Waals surface area contributed by atoms with E-state index in [1.807, 2.05) is 43.9 Å². The highest BCUT2D eigenvalue weighted by atomic mass is 32.2. The second-order valence-corrected chi connectivity index (χ2v) is 8.69. The van der Waals surface area contributed by atoms with Crippen LogP contribution in [0.3, 0.4) is 0 Å². The Labute approximate surface area is 160 Å². The number of carbonyl (C=O) groups is 2. The maximum atomic E-state index is 12.7. The molecule has 6 heteroatoms. The van der Waals surface area contributed by atoms with Gasteiger partial charge in [-0.2, -0.15) is 0 Å². The summed E-state index contributed by atoms with van der Waals surface area (Å²) in [5, 5.41) is 2.81. The molecule has 1 atom stereocenters. The van der Waals surface area contributed by atoms with E-state index in [9.17, 15) is 9.59 Å². The first-order valence-corrected chi connectivity index (χ1v) is 10.2. The number of likely N-dealkylation sites (tertiary alicyclic amines) is 1. The third-order valence-electron chi connectivity index (χ3n) is 4.27. The predicted molar refractivity (Wildman–Crippen MR) is 105 cm³/mol. The van der Waals surface area contributed by atoms with Crippen molar-refractivity contribution >= 4 is 23.8 Å². The monoisotopic (exact) mass is 378 g/mol. The topological polar surface area (TPSA) is 58.6 Å². The van der Waals surface area contributed by atoms with Gasteiger partial charge >= 0.3 is 6.09 Å². The average molecular weight is 379 g/mol. The zero-order valence-corrected chi connectivity index (χ0v) is 17.0. The molecule has 0 radical (unpaired) electrons. The molecule has 1 aliphatic rings. The number of hydrogen-bond donors (Lipinski definition) is 1. The van der Waals surface area contributed by atoms with E-state index in [4.69, 9.17) is 4.74 Å². The first kappa shape index (κ1) is 20.6. The van der Waals surface area contributed by atoms with Crippen LogP contribution < -0.4 is 5.32 Å². The van der Waals surface area contributed by atoms with Crippen LogP contribution in [0.5, 0.6) is 0 Å². The van der Waals surface area contributed by atoms with E-state index >= 15 is 0 Å². The highest BCUT2D eigenvalue weighted by Gasteiger charge is 2.27. The summed E-state index contributed by atoms with van der Waals surface area (Å²) >= 11 is 1.58. The van der Waals surface area contributed by atoms with Crippen molar-refractivity contribution in [2.45, 2.75) is 63.5 Å². The molecule has 2 amide bonds. The number of amides is 2. The molecule has 1 aromatic rings. The largest absolute Gasteiger partial charge is 0.444 e. The lowest BCUT2D eigenvalue weighted by molar-refractivity contribution is -0.131. The van der Waals surface area contributed by atoms with E-state index in [-0.39, 0.29) is 11.9 Å². The van der Waals surface area contributed by atoms with Crippen LogP contribution in [0.1, 0.15) is 45.6 Å². The van der Waals surface area contributed by atoms with Gasteiger partial charge in [-0.25, -0.2) is 4.79 Å². The number of piperidine rings is 1. The summed E-state index contributed by atoms with van der Waals surface area (Å²) in [5.41, 5.74) is 0.670. The number of rotatable bonds is 5. The van der Waals surface area contributed by atoms with Gasteiger partial charge in [0, 0.05) is 24.0 Å². The summed E-state index contributed by atoms with van der Waals surface area (Å²) in [6, 6.07) is 8.14. The highest BCUT2D eigenvalue weighted by Crippen LogP contribution is 2.24. The van der Waals surface area contributed by atoms with Gasteiger partial charge in [-0.05, 0) is 58.6 Å². The summed E-state index contributed by atoms with van der Waals surface area (Å²) in [6.45, 7) is 8.77. The lowest BCUT2D eigenvalue weighted by Crippen LogP contribution is -2.50. The lowest BCUT2D eigenvalue weighted by atomic mass is 10.0. The molecule has 1 heterocycles. The van der Waals surface area contributed by atoms with Crippen LogP contribution in [0, 0.1) is 6.92 Å². The van der Waals surface area contributed by atoms with Gasteiger partial charge in [-0.1, -0.05) is 18.2 Å². The summed E-state index contributed by atoms with van der Waals surface area (Å²) < 4.78 is 5.29. The molecule has 0 bridgehead atoms. The first-order chi connectivity index (χ1) is 12.3. The van der Waals surface area contributed by atoms with E-state index in [2.05, 4.69) is 18.3 Å². The van der Waals surface area contributed by atoms with Crippen LogP contribution in [-0.4, -0.2) is 47.4 Å². The van der Waals surface area contributed by atoms with Gasteiger partial charge in [-0.15, -0.1) is 11.8 Å².